The van der Waals surface area contributed by atoms with E-state index in [0.717, 1.165) is 36.3 Å². The van der Waals surface area contributed by atoms with E-state index in [1.807, 2.05) is 13.8 Å². The van der Waals surface area contributed by atoms with Gasteiger partial charge in [0.2, 0.25) is 10.9 Å². The van der Waals surface area contributed by atoms with E-state index in [1.54, 1.807) is 32.2 Å². The molecule has 1 atom stereocenters. The Bertz CT molecular complexity index is 1710. The molecule has 5 rings (SSSR count). The lowest BCUT2D eigenvalue weighted by atomic mass is 9.95. The number of rotatable bonds is 14. The van der Waals surface area contributed by atoms with Crippen molar-refractivity contribution in [1.82, 2.24) is 15.2 Å². The predicted molar refractivity (Wildman–Crippen MR) is 179 cm³/mol. The van der Waals surface area contributed by atoms with E-state index in [4.69, 9.17) is 9.47 Å². The zero-order valence-corrected chi connectivity index (χ0v) is 28.4. The highest BCUT2D eigenvalue weighted by Gasteiger charge is 2.47. The van der Waals surface area contributed by atoms with Gasteiger partial charge in [-0.05, 0) is 50.5 Å². The quantitative estimate of drug-likeness (QED) is 0.0620. The van der Waals surface area contributed by atoms with Gasteiger partial charge in [0.1, 0.15) is 0 Å². The van der Waals surface area contributed by atoms with Crippen LogP contribution in [0.3, 0.4) is 0 Å². The molecule has 0 aliphatic carbocycles. The van der Waals surface area contributed by atoms with Crippen LogP contribution in [-0.4, -0.2) is 45.7 Å². The number of aryl methyl sites for hydroxylation is 3. The van der Waals surface area contributed by atoms with Crippen molar-refractivity contribution in [3.8, 4) is 11.5 Å². The van der Waals surface area contributed by atoms with Gasteiger partial charge in [0.05, 0.1) is 40.9 Å². The van der Waals surface area contributed by atoms with Gasteiger partial charge < -0.3 is 14.6 Å². The van der Waals surface area contributed by atoms with Crippen molar-refractivity contribution in [2.24, 2.45) is 0 Å². The Morgan fingerprint density at radius 1 is 1.02 bits per heavy atom. The van der Waals surface area contributed by atoms with Crippen molar-refractivity contribution in [2.75, 3.05) is 18.6 Å². The fourth-order valence-corrected chi connectivity index (χ4v) is 7.78. The van der Waals surface area contributed by atoms with Crippen LogP contribution in [-0.2, 0) is 10.5 Å². The maximum absolute atomic E-state index is 14.0. The van der Waals surface area contributed by atoms with Crippen molar-refractivity contribution < 1.29 is 24.2 Å². The molecule has 2 aromatic heterocycles. The minimum Gasteiger partial charge on any atom is -0.503 e. The molecule has 0 fully saturated rings. The van der Waals surface area contributed by atoms with Crippen molar-refractivity contribution in [3.05, 3.63) is 86.1 Å². The Balaban J connectivity index is 1.49. The lowest BCUT2D eigenvalue weighted by molar-refractivity contribution is -0.117. The van der Waals surface area contributed by atoms with Gasteiger partial charge in [-0.2, -0.15) is 0 Å². The van der Waals surface area contributed by atoms with Gasteiger partial charge in [-0.15, -0.1) is 21.5 Å². The Hall–Kier alpha value is -3.74. The van der Waals surface area contributed by atoms with Gasteiger partial charge in [-0.1, -0.05) is 85.2 Å². The third kappa shape index (κ3) is 7.23. The number of ketones is 1. The van der Waals surface area contributed by atoms with E-state index in [-0.39, 0.29) is 10.7 Å². The SMILES string of the molecule is CCCCCCOc1ccc(C2C(C(=O)c3sc(C)nc3C)=C(O)C(=O)N2c2nnc(SCc3ccc(C)cc3)s2)cc1OC. The number of anilines is 1. The van der Waals surface area contributed by atoms with Crippen molar-refractivity contribution in [1.29, 1.82) is 0 Å². The number of Topliss-reactive ketones (excluding diaryl/α,β-unsaturated/α-hetero) is 1. The summed E-state index contributed by atoms with van der Waals surface area (Å²) in [5, 5.41) is 20.9. The first-order valence-electron chi connectivity index (χ1n) is 14.8. The summed E-state index contributed by atoms with van der Waals surface area (Å²) in [6, 6.07) is 12.6. The number of hydrogen-bond acceptors (Lipinski definition) is 11. The van der Waals surface area contributed by atoms with E-state index in [9.17, 15) is 14.7 Å². The van der Waals surface area contributed by atoms with Crippen molar-refractivity contribution >= 4 is 51.3 Å². The number of ether oxygens (including phenoxy) is 2. The lowest BCUT2D eigenvalue weighted by Gasteiger charge is -2.25. The fourth-order valence-electron chi connectivity index (χ4n) is 5.09. The summed E-state index contributed by atoms with van der Waals surface area (Å²) in [5.74, 6) is -0.0800. The molecule has 9 nitrogen and oxygen atoms in total. The second kappa shape index (κ2) is 14.6. The second-order valence-corrected chi connectivity index (χ2v) is 14.1. The minimum atomic E-state index is -0.970. The van der Waals surface area contributed by atoms with Crippen LogP contribution >= 0.6 is 34.4 Å². The Morgan fingerprint density at radius 3 is 2.49 bits per heavy atom. The van der Waals surface area contributed by atoms with Crippen LogP contribution in [0.1, 0.15) is 75.7 Å². The maximum Gasteiger partial charge on any atom is 0.296 e. The molecule has 45 heavy (non-hydrogen) atoms. The topological polar surface area (TPSA) is 115 Å². The second-order valence-electron chi connectivity index (χ2n) is 10.8. The third-order valence-corrected chi connectivity index (χ3v) is 10.6. The number of aliphatic hydroxyl groups is 1. The predicted octanol–water partition coefficient (Wildman–Crippen LogP) is 7.96. The molecular weight excluding hydrogens is 629 g/mol. The van der Waals surface area contributed by atoms with E-state index >= 15 is 0 Å². The number of nitrogens with zero attached hydrogens (tertiary/aromatic N) is 4. The van der Waals surface area contributed by atoms with Crippen molar-refractivity contribution in [3.63, 3.8) is 0 Å². The van der Waals surface area contributed by atoms with Crippen LogP contribution in [0.2, 0.25) is 0 Å². The third-order valence-electron chi connectivity index (χ3n) is 7.41. The van der Waals surface area contributed by atoms with Crippen LogP contribution < -0.4 is 14.4 Å². The Morgan fingerprint density at radius 2 is 1.80 bits per heavy atom. The zero-order chi connectivity index (χ0) is 32.1. The summed E-state index contributed by atoms with van der Waals surface area (Å²) in [5.41, 5.74) is 3.40. The van der Waals surface area contributed by atoms with Gasteiger partial charge in [-0.3, -0.25) is 14.5 Å². The van der Waals surface area contributed by atoms with E-state index in [0.29, 0.717) is 44.3 Å². The number of hydrogen-bond donors (Lipinski definition) is 1. The first-order chi connectivity index (χ1) is 21.7. The van der Waals surface area contributed by atoms with Crippen LogP contribution in [0, 0.1) is 20.8 Å². The summed E-state index contributed by atoms with van der Waals surface area (Å²) in [7, 11) is 1.55. The molecule has 2 aromatic carbocycles. The molecule has 1 aliphatic heterocycles. The molecule has 1 amide bonds. The number of benzene rings is 2. The summed E-state index contributed by atoms with van der Waals surface area (Å²) >= 11 is 3.97. The van der Waals surface area contributed by atoms with Crippen LogP contribution in [0.15, 0.2) is 58.1 Å². The van der Waals surface area contributed by atoms with Crippen molar-refractivity contribution in [2.45, 2.75) is 69.5 Å². The molecule has 236 valence electrons. The number of thiazole rings is 1. The van der Waals surface area contributed by atoms with Gasteiger partial charge >= 0.3 is 0 Å². The standard InChI is InChI=1S/C33H36N4O5S3/c1-6-7-8-9-16-42-24-15-14-23(17-25(24)41-5)27-26(28(38)30-20(3)34-21(4)44-30)29(39)31(40)37(27)32-35-36-33(45-32)43-18-22-12-10-19(2)11-13-22/h10-15,17,27,39H,6-9,16,18H2,1-5H3. The number of carbonyl (C=O) groups is 2. The number of aromatic nitrogens is 3. The van der Waals surface area contributed by atoms with Crippen LogP contribution in [0.5, 0.6) is 11.5 Å². The molecule has 0 bridgehead atoms. The van der Waals surface area contributed by atoms with Crippen LogP contribution in [0.25, 0.3) is 0 Å². The molecule has 4 aromatic rings. The maximum atomic E-state index is 14.0. The summed E-state index contributed by atoms with van der Waals surface area (Å²) in [6.07, 6.45) is 4.29. The zero-order valence-electron chi connectivity index (χ0n) is 26.0. The number of methoxy groups -OCH3 is 1. The van der Waals surface area contributed by atoms with Gasteiger partial charge in [0.15, 0.2) is 21.6 Å². The van der Waals surface area contributed by atoms with Gasteiger partial charge in [0.25, 0.3) is 5.91 Å². The molecule has 0 saturated carbocycles. The van der Waals surface area contributed by atoms with Gasteiger partial charge in [0, 0.05) is 5.75 Å². The number of aliphatic hydroxyl groups excluding tert-OH is 1. The summed E-state index contributed by atoms with van der Waals surface area (Å²) in [4.78, 5) is 33.9. The molecular formula is C33H36N4O5S3. The Labute approximate surface area is 275 Å². The smallest absolute Gasteiger partial charge is 0.296 e. The van der Waals surface area contributed by atoms with Gasteiger partial charge in [-0.25, -0.2) is 4.98 Å². The number of thioether (sulfide) groups is 1. The fraction of sp³-hybridized carbons (Fsp3) is 0.364. The molecule has 12 heteroatoms. The molecule has 1 aliphatic rings. The average Bonchev–Trinajstić information content (AvgIpc) is 3.71. The van der Waals surface area contributed by atoms with E-state index in [1.165, 1.54) is 44.9 Å². The average molecular weight is 665 g/mol. The molecule has 0 radical (unpaired) electrons. The first kappa shape index (κ1) is 32.6. The lowest BCUT2D eigenvalue weighted by Crippen LogP contribution is -2.31. The highest BCUT2D eigenvalue weighted by molar-refractivity contribution is 8.00. The highest BCUT2D eigenvalue weighted by Crippen LogP contribution is 2.46. The molecule has 0 spiro atoms. The highest BCUT2D eigenvalue weighted by atomic mass is 32.2. The molecule has 1 unspecified atom stereocenters. The Kier molecular flexibility index (Phi) is 10.6. The number of carbonyl (C=O) groups excluding carboxylic acids is 2. The summed E-state index contributed by atoms with van der Waals surface area (Å²) in [6.45, 7) is 8.31. The summed E-state index contributed by atoms with van der Waals surface area (Å²) < 4.78 is 12.4. The molecule has 0 saturated heterocycles. The minimum absolute atomic E-state index is 0.0360. The van der Waals surface area contributed by atoms with Crippen LogP contribution in [0.4, 0.5) is 5.13 Å². The number of unbranched alkanes of at least 4 members (excludes halogenated alkanes) is 3. The monoisotopic (exact) mass is 664 g/mol. The first-order valence-corrected chi connectivity index (χ1v) is 17.4. The molecule has 1 N–H and O–H groups in total. The van der Waals surface area contributed by atoms with E-state index < -0.39 is 23.5 Å². The molecule has 3 heterocycles. The normalized spacial score (nSPS) is 14.8. The van der Waals surface area contributed by atoms with E-state index in [2.05, 4.69) is 46.4 Å². The number of amides is 1. The largest absolute Gasteiger partial charge is 0.503 e.